The molecule has 184 valence electrons. The van der Waals surface area contributed by atoms with Crippen LogP contribution in [-0.2, 0) is 20.9 Å². The number of hydrogen-bond acceptors (Lipinski definition) is 4. The molecular formula is C27H42N2O4. The van der Waals surface area contributed by atoms with Crippen molar-refractivity contribution in [3.05, 3.63) is 47.5 Å². The third kappa shape index (κ3) is 7.88. The zero-order valence-electron chi connectivity index (χ0n) is 21.4. The molecule has 33 heavy (non-hydrogen) atoms. The average molecular weight is 459 g/mol. The lowest BCUT2D eigenvalue weighted by Crippen LogP contribution is -2.49. The molecule has 1 saturated heterocycles. The second-order valence-corrected chi connectivity index (χ2v) is 10.2. The maximum absolute atomic E-state index is 13.2. The molecule has 1 N–H and O–H groups in total. The Kier molecular flexibility index (Phi) is 9.96. The number of nitrogens with zero attached hydrogens (tertiary/aromatic N) is 1. The summed E-state index contributed by atoms with van der Waals surface area (Å²) in [6.07, 6.45) is 3.42. The molecule has 1 aliphatic heterocycles. The molecule has 1 aliphatic rings. The fraction of sp³-hybridized carbons (Fsp3) is 0.630. The average Bonchev–Trinajstić information content (AvgIpc) is 2.99. The van der Waals surface area contributed by atoms with Crippen molar-refractivity contribution in [1.29, 1.82) is 0 Å². The van der Waals surface area contributed by atoms with E-state index in [9.17, 15) is 9.59 Å². The van der Waals surface area contributed by atoms with Crippen molar-refractivity contribution in [1.82, 2.24) is 10.2 Å². The van der Waals surface area contributed by atoms with Gasteiger partial charge in [-0.15, -0.1) is 0 Å². The molecule has 2 amide bonds. The quantitative estimate of drug-likeness (QED) is 0.459. The molecule has 1 fully saturated rings. The van der Waals surface area contributed by atoms with Crippen LogP contribution in [0, 0.1) is 11.8 Å². The Hall–Kier alpha value is -2.34. The summed E-state index contributed by atoms with van der Waals surface area (Å²) in [6.45, 7) is 15.1. The van der Waals surface area contributed by atoms with E-state index in [1.807, 2.05) is 50.3 Å². The summed E-state index contributed by atoms with van der Waals surface area (Å²) in [5.74, 6) is 0.666. The van der Waals surface area contributed by atoms with E-state index in [0.29, 0.717) is 30.4 Å². The van der Waals surface area contributed by atoms with Gasteiger partial charge >= 0.3 is 6.09 Å². The van der Waals surface area contributed by atoms with Gasteiger partial charge < -0.3 is 14.8 Å². The van der Waals surface area contributed by atoms with Gasteiger partial charge in [-0.05, 0) is 50.2 Å². The van der Waals surface area contributed by atoms with Crippen LogP contribution >= 0.6 is 0 Å². The minimum absolute atomic E-state index is 0.0552. The lowest BCUT2D eigenvalue weighted by atomic mass is 9.96. The van der Waals surface area contributed by atoms with Crippen LogP contribution in [0.25, 0.3) is 0 Å². The molecule has 1 heterocycles. The minimum atomic E-state index is -0.847. The van der Waals surface area contributed by atoms with Gasteiger partial charge in [0.1, 0.15) is 12.3 Å². The van der Waals surface area contributed by atoms with Gasteiger partial charge in [0, 0.05) is 12.1 Å². The zero-order valence-corrected chi connectivity index (χ0v) is 21.4. The summed E-state index contributed by atoms with van der Waals surface area (Å²) in [4.78, 5) is 27.8. The molecule has 0 spiro atoms. The first-order valence-corrected chi connectivity index (χ1v) is 12.2. The standard InChI is InChI=1S/C27H42N2O4/c1-8-12-22(25(30)28-17-20(4)5)16-24-23(15-19(2)3)29(27(6,7)33-24)26(31)32-18-21-13-10-9-11-14-21/h9-11,13-14,16,19-20,23-24H,8,12,15,17-18H2,1-7H3,(H,28,30)/b22-16+/t23-,24-/m0/s1. The van der Waals surface area contributed by atoms with Crippen LogP contribution < -0.4 is 5.32 Å². The van der Waals surface area contributed by atoms with Crippen LogP contribution in [0.1, 0.15) is 73.3 Å². The van der Waals surface area contributed by atoms with Crippen molar-refractivity contribution in [3.63, 3.8) is 0 Å². The normalized spacial score (nSPS) is 20.4. The molecule has 6 nitrogen and oxygen atoms in total. The fourth-order valence-electron chi connectivity index (χ4n) is 4.18. The van der Waals surface area contributed by atoms with E-state index >= 15 is 0 Å². The fourth-order valence-corrected chi connectivity index (χ4v) is 4.18. The van der Waals surface area contributed by atoms with Crippen molar-refractivity contribution in [2.45, 2.75) is 92.2 Å². The molecule has 0 aromatic heterocycles. The van der Waals surface area contributed by atoms with E-state index in [0.717, 1.165) is 18.4 Å². The van der Waals surface area contributed by atoms with Gasteiger partial charge in [-0.25, -0.2) is 4.79 Å². The number of carbonyl (C=O) groups is 2. The predicted octanol–water partition coefficient (Wildman–Crippen LogP) is 5.67. The molecule has 0 unspecified atom stereocenters. The smallest absolute Gasteiger partial charge is 0.412 e. The molecule has 1 aromatic carbocycles. The van der Waals surface area contributed by atoms with Crippen molar-refractivity contribution < 1.29 is 19.1 Å². The van der Waals surface area contributed by atoms with E-state index in [4.69, 9.17) is 9.47 Å². The van der Waals surface area contributed by atoms with Crippen LogP contribution in [0.3, 0.4) is 0 Å². The largest absolute Gasteiger partial charge is 0.444 e. The van der Waals surface area contributed by atoms with Gasteiger partial charge in [-0.2, -0.15) is 0 Å². The van der Waals surface area contributed by atoms with E-state index in [-0.39, 0.29) is 24.7 Å². The number of hydrogen-bond donors (Lipinski definition) is 1. The first-order valence-electron chi connectivity index (χ1n) is 12.2. The minimum Gasteiger partial charge on any atom is -0.444 e. The van der Waals surface area contributed by atoms with Crippen LogP contribution in [0.2, 0.25) is 0 Å². The number of nitrogens with one attached hydrogen (secondary N) is 1. The van der Waals surface area contributed by atoms with Crippen molar-refractivity contribution in [2.75, 3.05) is 6.54 Å². The Morgan fingerprint density at radius 3 is 2.39 bits per heavy atom. The highest BCUT2D eigenvalue weighted by Gasteiger charge is 2.50. The number of benzene rings is 1. The summed E-state index contributed by atoms with van der Waals surface area (Å²) in [7, 11) is 0. The Morgan fingerprint density at radius 1 is 1.15 bits per heavy atom. The highest BCUT2D eigenvalue weighted by Crippen LogP contribution is 2.37. The Labute approximate surface area is 199 Å². The van der Waals surface area contributed by atoms with Gasteiger partial charge in [0.2, 0.25) is 5.91 Å². The molecule has 0 radical (unpaired) electrons. The second-order valence-electron chi connectivity index (χ2n) is 10.2. The summed E-state index contributed by atoms with van der Waals surface area (Å²) in [5.41, 5.74) is 0.806. The van der Waals surface area contributed by atoms with Crippen LogP contribution in [0.15, 0.2) is 42.0 Å². The van der Waals surface area contributed by atoms with E-state index < -0.39 is 11.8 Å². The van der Waals surface area contributed by atoms with Gasteiger partial charge in [-0.3, -0.25) is 9.69 Å². The lowest BCUT2D eigenvalue weighted by molar-refractivity contribution is -0.118. The second kappa shape index (κ2) is 12.2. The molecular weight excluding hydrogens is 416 g/mol. The monoisotopic (exact) mass is 458 g/mol. The molecule has 6 heteroatoms. The maximum Gasteiger partial charge on any atom is 0.412 e. The molecule has 1 aromatic rings. The molecule has 0 aliphatic carbocycles. The van der Waals surface area contributed by atoms with E-state index in [1.165, 1.54) is 0 Å². The Morgan fingerprint density at radius 2 is 1.82 bits per heavy atom. The lowest BCUT2D eigenvalue weighted by Gasteiger charge is -2.33. The van der Waals surface area contributed by atoms with Gasteiger partial charge in [0.25, 0.3) is 0 Å². The van der Waals surface area contributed by atoms with Gasteiger partial charge in [0.05, 0.1) is 12.1 Å². The van der Waals surface area contributed by atoms with Crippen LogP contribution in [0.5, 0.6) is 0 Å². The molecule has 2 rings (SSSR count). The Balaban J connectivity index is 2.27. The highest BCUT2D eigenvalue weighted by molar-refractivity contribution is 5.93. The van der Waals surface area contributed by atoms with Crippen LogP contribution in [0.4, 0.5) is 4.79 Å². The molecule has 2 atom stereocenters. The summed E-state index contributed by atoms with van der Waals surface area (Å²) < 4.78 is 12.0. The predicted molar refractivity (Wildman–Crippen MR) is 131 cm³/mol. The first kappa shape index (κ1) is 26.9. The maximum atomic E-state index is 13.2. The Bertz CT molecular complexity index is 802. The third-order valence-corrected chi connectivity index (χ3v) is 5.68. The van der Waals surface area contributed by atoms with Crippen molar-refractivity contribution in [2.24, 2.45) is 11.8 Å². The number of ether oxygens (including phenoxy) is 2. The topological polar surface area (TPSA) is 67.9 Å². The first-order chi connectivity index (χ1) is 15.5. The van der Waals surface area contributed by atoms with Crippen molar-refractivity contribution >= 4 is 12.0 Å². The van der Waals surface area contributed by atoms with Gasteiger partial charge in [-0.1, -0.05) is 71.4 Å². The van der Waals surface area contributed by atoms with Crippen LogP contribution in [-0.4, -0.2) is 41.3 Å². The van der Waals surface area contributed by atoms with Crippen molar-refractivity contribution in [3.8, 4) is 0 Å². The number of rotatable bonds is 10. The summed E-state index contributed by atoms with van der Waals surface area (Å²) in [5, 5.41) is 3.02. The summed E-state index contributed by atoms with van der Waals surface area (Å²) in [6, 6.07) is 9.44. The number of amides is 2. The zero-order chi connectivity index (χ0) is 24.6. The highest BCUT2D eigenvalue weighted by atomic mass is 16.6. The van der Waals surface area contributed by atoms with Gasteiger partial charge in [0.15, 0.2) is 0 Å². The van der Waals surface area contributed by atoms with E-state index in [1.54, 1.807) is 4.90 Å². The number of carbonyl (C=O) groups excluding carboxylic acids is 2. The SMILES string of the molecule is CCC/C(=C\[C@@H]1OC(C)(C)N(C(=O)OCc2ccccc2)[C@H]1CC(C)C)C(=O)NCC(C)C. The molecule has 0 saturated carbocycles. The summed E-state index contributed by atoms with van der Waals surface area (Å²) >= 11 is 0. The molecule has 0 bridgehead atoms. The third-order valence-electron chi connectivity index (χ3n) is 5.68. The van der Waals surface area contributed by atoms with E-state index in [2.05, 4.69) is 39.9 Å².